The molecule has 3 rings (SSSR count). The van der Waals surface area contributed by atoms with Crippen molar-refractivity contribution in [2.45, 2.75) is 19.8 Å². The molecule has 1 aliphatic rings. The smallest absolute Gasteiger partial charge is 0.338 e. The number of amides is 1. The van der Waals surface area contributed by atoms with Crippen molar-refractivity contribution >= 4 is 45.1 Å². The van der Waals surface area contributed by atoms with Crippen molar-refractivity contribution in [1.82, 2.24) is 0 Å². The zero-order chi connectivity index (χ0) is 24.8. The van der Waals surface area contributed by atoms with Gasteiger partial charge >= 0.3 is 5.97 Å². The van der Waals surface area contributed by atoms with Gasteiger partial charge in [0.15, 0.2) is 6.61 Å². The van der Waals surface area contributed by atoms with E-state index in [2.05, 4.69) is 21.2 Å². The van der Waals surface area contributed by atoms with E-state index in [1.54, 1.807) is 56.3 Å². The van der Waals surface area contributed by atoms with E-state index in [0.29, 0.717) is 20.7 Å². The molecule has 176 valence electrons. The Morgan fingerprint density at radius 3 is 2.71 bits per heavy atom. The number of carbonyl (C=O) groups is 2. The van der Waals surface area contributed by atoms with Crippen LogP contribution in [0.2, 0.25) is 5.02 Å². The zero-order valence-corrected chi connectivity index (χ0v) is 20.7. The zero-order valence-electron chi connectivity index (χ0n) is 18.4. The van der Waals surface area contributed by atoms with Gasteiger partial charge in [-0.25, -0.2) is 4.79 Å². The molecule has 1 amide bonds. The molecular weight excluding hydrogens is 526 g/mol. The molecular formula is C24H21BrClN3O5. The topological polar surface area (TPSA) is 124 Å². The number of carbonyl (C=O) groups excluding carboxylic acids is 2. The Hall–Kier alpha value is -3.48. The van der Waals surface area contributed by atoms with Gasteiger partial charge in [-0.1, -0.05) is 39.7 Å². The average Bonchev–Trinajstić information content (AvgIpc) is 2.79. The number of nitrogens with one attached hydrogen (secondary N) is 1. The molecule has 1 heterocycles. The number of rotatable bonds is 7. The van der Waals surface area contributed by atoms with Crippen LogP contribution >= 0.6 is 27.5 Å². The van der Waals surface area contributed by atoms with E-state index in [-0.39, 0.29) is 41.8 Å². The summed E-state index contributed by atoms with van der Waals surface area (Å²) in [7, 11) is 0. The van der Waals surface area contributed by atoms with E-state index < -0.39 is 17.8 Å². The summed E-state index contributed by atoms with van der Waals surface area (Å²) in [5.74, 6) is -1.64. The minimum absolute atomic E-state index is 0.0251. The normalized spacial score (nSPS) is 15.3. The maximum Gasteiger partial charge on any atom is 0.338 e. The van der Waals surface area contributed by atoms with Gasteiger partial charge in [-0.15, -0.1) is 0 Å². The Morgan fingerprint density at radius 1 is 1.29 bits per heavy atom. The van der Waals surface area contributed by atoms with E-state index in [4.69, 9.17) is 31.5 Å². The molecule has 2 aromatic rings. The highest BCUT2D eigenvalue weighted by Crippen LogP contribution is 2.43. The van der Waals surface area contributed by atoms with E-state index in [1.165, 1.54) is 0 Å². The fourth-order valence-corrected chi connectivity index (χ4v) is 4.00. The minimum atomic E-state index is -0.920. The summed E-state index contributed by atoms with van der Waals surface area (Å²) in [6, 6.07) is 13.9. The van der Waals surface area contributed by atoms with Crippen LogP contribution in [0.5, 0.6) is 5.75 Å². The molecule has 1 aliphatic heterocycles. The lowest BCUT2D eigenvalue weighted by Crippen LogP contribution is -2.26. The lowest BCUT2D eigenvalue weighted by molar-refractivity contribution is -0.139. The van der Waals surface area contributed by atoms with Crippen LogP contribution in [0.15, 0.2) is 69.7 Å². The fraction of sp³-hybridized carbons (Fsp3) is 0.208. The summed E-state index contributed by atoms with van der Waals surface area (Å²) in [4.78, 5) is 25.3. The number of nitriles is 1. The number of allylic oxidation sites excluding steroid dienone is 2. The number of anilines is 1. The van der Waals surface area contributed by atoms with Gasteiger partial charge in [0.05, 0.1) is 28.8 Å². The maximum absolute atomic E-state index is 12.8. The second-order valence-electron chi connectivity index (χ2n) is 7.11. The van der Waals surface area contributed by atoms with Crippen molar-refractivity contribution < 1.29 is 23.8 Å². The third kappa shape index (κ3) is 5.53. The third-order valence-corrected chi connectivity index (χ3v) is 5.71. The predicted molar refractivity (Wildman–Crippen MR) is 130 cm³/mol. The molecule has 1 unspecified atom stereocenters. The minimum Gasteiger partial charge on any atom is -0.483 e. The Morgan fingerprint density at radius 2 is 2.03 bits per heavy atom. The molecule has 0 aromatic heterocycles. The first-order chi connectivity index (χ1) is 16.3. The molecule has 1 atom stereocenters. The number of esters is 1. The Bertz CT molecular complexity index is 1240. The van der Waals surface area contributed by atoms with Crippen LogP contribution in [0.3, 0.4) is 0 Å². The molecule has 2 aromatic carbocycles. The van der Waals surface area contributed by atoms with Crippen LogP contribution in [0.25, 0.3) is 0 Å². The third-order valence-electron chi connectivity index (χ3n) is 4.89. The van der Waals surface area contributed by atoms with Gasteiger partial charge in [0.25, 0.3) is 5.91 Å². The van der Waals surface area contributed by atoms with Crippen molar-refractivity contribution in [3.63, 3.8) is 0 Å². The number of hydrogen-bond acceptors (Lipinski definition) is 7. The number of nitrogens with two attached hydrogens (primary N) is 1. The second kappa shape index (κ2) is 11.1. The first kappa shape index (κ1) is 25.1. The van der Waals surface area contributed by atoms with Gasteiger partial charge in [-0.3, -0.25) is 4.79 Å². The Kier molecular flexibility index (Phi) is 8.21. The molecule has 0 spiro atoms. The second-order valence-corrected chi connectivity index (χ2v) is 8.44. The summed E-state index contributed by atoms with van der Waals surface area (Å²) >= 11 is 9.50. The van der Waals surface area contributed by atoms with Gasteiger partial charge in [0.1, 0.15) is 23.2 Å². The monoisotopic (exact) mass is 545 g/mol. The van der Waals surface area contributed by atoms with E-state index >= 15 is 0 Å². The first-order valence-corrected chi connectivity index (χ1v) is 11.4. The van der Waals surface area contributed by atoms with Gasteiger partial charge in [0.2, 0.25) is 5.88 Å². The number of benzene rings is 2. The molecule has 0 fully saturated rings. The van der Waals surface area contributed by atoms with Gasteiger partial charge < -0.3 is 25.3 Å². The number of ether oxygens (including phenoxy) is 3. The number of para-hydroxylation sites is 1. The lowest BCUT2D eigenvalue weighted by Gasteiger charge is -2.28. The average molecular weight is 547 g/mol. The quantitative estimate of drug-likeness (QED) is 0.480. The highest BCUT2D eigenvalue weighted by atomic mass is 79.9. The summed E-state index contributed by atoms with van der Waals surface area (Å²) in [6.07, 6.45) is 0. The molecule has 8 nitrogen and oxygen atoms in total. The summed E-state index contributed by atoms with van der Waals surface area (Å²) in [6.45, 7) is 3.03. The van der Waals surface area contributed by atoms with Crippen LogP contribution in [0.1, 0.15) is 25.3 Å². The Balaban J connectivity index is 1.96. The highest BCUT2D eigenvalue weighted by molar-refractivity contribution is 9.10. The van der Waals surface area contributed by atoms with Crippen molar-refractivity contribution in [2.75, 3.05) is 18.5 Å². The van der Waals surface area contributed by atoms with Crippen molar-refractivity contribution in [3.05, 3.63) is 80.3 Å². The first-order valence-electron chi connectivity index (χ1n) is 10.2. The van der Waals surface area contributed by atoms with Crippen LogP contribution in [0.4, 0.5) is 5.69 Å². The van der Waals surface area contributed by atoms with Crippen LogP contribution < -0.4 is 15.8 Å². The van der Waals surface area contributed by atoms with E-state index in [1.807, 2.05) is 6.07 Å². The maximum atomic E-state index is 12.8. The van der Waals surface area contributed by atoms with Crippen molar-refractivity contribution in [3.8, 4) is 11.8 Å². The van der Waals surface area contributed by atoms with E-state index in [9.17, 15) is 14.9 Å². The van der Waals surface area contributed by atoms with E-state index in [0.717, 1.165) is 0 Å². The molecule has 0 bridgehead atoms. The molecule has 34 heavy (non-hydrogen) atoms. The van der Waals surface area contributed by atoms with Crippen LogP contribution in [0, 0.1) is 11.3 Å². The highest BCUT2D eigenvalue weighted by Gasteiger charge is 2.38. The fourth-order valence-electron chi connectivity index (χ4n) is 3.43. The van der Waals surface area contributed by atoms with Gasteiger partial charge in [0, 0.05) is 10.0 Å². The SMILES string of the molecule is CCOC(=O)C1=C(C)OC(N)=C(C#N)C1c1cc(Br)ccc1OCC(=O)Nc1ccccc1Cl. The van der Waals surface area contributed by atoms with Gasteiger partial charge in [-0.05, 0) is 44.2 Å². The largest absolute Gasteiger partial charge is 0.483 e. The molecule has 0 saturated carbocycles. The summed E-state index contributed by atoms with van der Waals surface area (Å²) in [5, 5.41) is 12.9. The Labute approximate surface area is 210 Å². The summed E-state index contributed by atoms with van der Waals surface area (Å²) in [5.41, 5.74) is 7.00. The predicted octanol–water partition coefficient (Wildman–Crippen LogP) is 4.76. The summed E-state index contributed by atoms with van der Waals surface area (Å²) < 4.78 is 17.1. The van der Waals surface area contributed by atoms with Crippen LogP contribution in [-0.4, -0.2) is 25.1 Å². The van der Waals surface area contributed by atoms with Crippen molar-refractivity contribution in [1.29, 1.82) is 5.26 Å². The molecule has 10 heteroatoms. The molecule has 0 saturated heterocycles. The standard InChI is InChI=1S/C24H21BrClN3O5/c1-3-32-24(31)21-13(2)34-23(28)16(11-27)22(21)15-10-14(25)8-9-19(15)33-12-20(30)29-18-7-5-4-6-17(18)26/h4-10,22H,3,12,28H2,1-2H3,(H,29,30). The number of hydrogen-bond donors (Lipinski definition) is 2. The number of halogens is 2. The molecule has 3 N–H and O–H groups in total. The van der Waals surface area contributed by atoms with Crippen molar-refractivity contribution in [2.24, 2.45) is 5.73 Å². The molecule has 0 aliphatic carbocycles. The number of nitrogens with zero attached hydrogens (tertiary/aromatic N) is 1. The molecule has 0 radical (unpaired) electrons. The van der Waals surface area contributed by atoms with Gasteiger partial charge in [-0.2, -0.15) is 5.26 Å². The van der Waals surface area contributed by atoms with Crippen LogP contribution in [-0.2, 0) is 19.1 Å². The lowest BCUT2D eigenvalue weighted by atomic mass is 9.82.